The van der Waals surface area contributed by atoms with Crippen LogP contribution in [-0.4, -0.2) is 64.8 Å². The number of hydrogen-bond donors (Lipinski definition) is 3. The molecule has 2 rings (SSSR count). The van der Waals surface area contributed by atoms with E-state index >= 15 is 0 Å². The average Bonchev–Trinajstić information content (AvgIpc) is 2.54. The van der Waals surface area contributed by atoms with Crippen molar-refractivity contribution in [3.63, 3.8) is 0 Å². The van der Waals surface area contributed by atoms with Gasteiger partial charge >= 0.3 is 0 Å². The second kappa shape index (κ2) is 7.76. The van der Waals surface area contributed by atoms with Crippen molar-refractivity contribution in [3.05, 3.63) is 0 Å². The Balaban J connectivity index is 2.11. The fourth-order valence-corrected chi connectivity index (χ4v) is 3.69. The SMILES string of the molecule is CCC1O[C@@H](O[C@@H]2C(O)C(C)OC(CO)[C@@H]2O)C(C)[C@@H](C)[C@H]1C. The maximum atomic E-state index is 10.3. The van der Waals surface area contributed by atoms with E-state index in [1.165, 1.54) is 0 Å². The van der Waals surface area contributed by atoms with E-state index in [2.05, 4.69) is 27.7 Å². The van der Waals surface area contributed by atoms with E-state index in [0.29, 0.717) is 11.8 Å². The van der Waals surface area contributed by atoms with Gasteiger partial charge in [0.2, 0.25) is 0 Å². The van der Waals surface area contributed by atoms with Crippen LogP contribution in [0.15, 0.2) is 0 Å². The summed E-state index contributed by atoms with van der Waals surface area (Å²) in [6.07, 6.45) is -3.63. The van der Waals surface area contributed by atoms with Crippen LogP contribution in [-0.2, 0) is 14.2 Å². The highest BCUT2D eigenvalue weighted by molar-refractivity contribution is 4.93. The molecule has 2 heterocycles. The Hall–Kier alpha value is -0.240. The predicted molar refractivity (Wildman–Crippen MR) is 84.8 cm³/mol. The average molecular weight is 332 g/mol. The van der Waals surface area contributed by atoms with Gasteiger partial charge < -0.3 is 29.5 Å². The third kappa shape index (κ3) is 3.72. The van der Waals surface area contributed by atoms with Crippen molar-refractivity contribution >= 4 is 0 Å². The summed E-state index contributed by atoms with van der Waals surface area (Å²) in [6, 6.07) is 0. The van der Waals surface area contributed by atoms with E-state index in [-0.39, 0.29) is 18.6 Å². The van der Waals surface area contributed by atoms with Gasteiger partial charge in [-0.3, -0.25) is 0 Å². The minimum atomic E-state index is -1.09. The van der Waals surface area contributed by atoms with Crippen molar-refractivity contribution in [3.8, 4) is 0 Å². The third-order valence-electron chi connectivity index (χ3n) is 5.78. The normalized spacial score (nSPS) is 51.7. The zero-order chi connectivity index (χ0) is 17.3. The number of ether oxygens (including phenoxy) is 3. The lowest BCUT2D eigenvalue weighted by Gasteiger charge is -2.47. The fourth-order valence-electron chi connectivity index (χ4n) is 3.69. The molecule has 0 bridgehead atoms. The largest absolute Gasteiger partial charge is 0.394 e. The number of aliphatic hydroxyl groups is 3. The first kappa shape index (κ1) is 19.1. The van der Waals surface area contributed by atoms with Crippen molar-refractivity contribution in [2.75, 3.05) is 6.61 Å². The van der Waals surface area contributed by atoms with E-state index in [0.717, 1.165) is 6.42 Å². The van der Waals surface area contributed by atoms with Crippen molar-refractivity contribution in [1.29, 1.82) is 0 Å². The van der Waals surface area contributed by atoms with Crippen LogP contribution in [0.2, 0.25) is 0 Å². The van der Waals surface area contributed by atoms with E-state index in [4.69, 9.17) is 14.2 Å². The van der Waals surface area contributed by atoms with Crippen LogP contribution in [0.25, 0.3) is 0 Å². The molecule has 2 saturated heterocycles. The molecule has 2 aliphatic heterocycles. The van der Waals surface area contributed by atoms with Crippen LogP contribution >= 0.6 is 0 Å². The van der Waals surface area contributed by atoms with Crippen molar-refractivity contribution in [2.45, 2.75) is 84.0 Å². The highest BCUT2D eigenvalue weighted by Crippen LogP contribution is 2.38. The second-order valence-corrected chi connectivity index (χ2v) is 7.17. The number of rotatable bonds is 4. The maximum Gasteiger partial charge on any atom is 0.161 e. The summed E-state index contributed by atoms with van der Waals surface area (Å²) < 4.78 is 17.5. The first-order valence-electron chi connectivity index (χ1n) is 8.75. The lowest BCUT2D eigenvalue weighted by Crippen LogP contribution is -2.60. The van der Waals surface area contributed by atoms with Crippen LogP contribution in [0, 0.1) is 17.8 Å². The van der Waals surface area contributed by atoms with Crippen LogP contribution in [0.5, 0.6) is 0 Å². The molecule has 2 fully saturated rings. The highest BCUT2D eigenvalue weighted by atomic mass is 16.7. The molecule has 0 aliphatic carbocycles. The summed E-state index contributed by atoms with van der Waals surface area (Å²) in [5.41, 5.74) is 0. The zero-order valence-corrected chi connectivity index (χ0v) is 14.8. The number of hydrogen-bond acceptors (Lipinski definition) is 6. The zero-order valence-electron chi connectivity index (χ0n) is 14.8. The lowest BCUT2D eigenvalue weighted by molar-refractivity contribution is -0.315. The summed E-state index contributed by atoms with van der Waals surface area (Å²) in [4.78, 5) is 0. The van der Waals surface area contributed by atoms with Gasteiger partial charge in [0.1, 0.15) is 24.4 Å². The molecular weight excluding hydrogens is 300 g/mol. The predicted octanol–water partition coefficient (Wildman–Crippen LogP) is 0.916. The third-order valence-corrected chi connectivity index (χ3v) is 5.78. The van der Waals surface area contributed by atoms with Gasteiger partial charge in [-0.15, -0.1) is 0 Å². The van der Waals surface area contributed by atoms with Crippen LogP contribution < -0.4 is 0 Å². The molecule has 0 aromatic rings. The van der Waals surface area contributed by atoms with Crippen LogP contribution in [0.1, 0.15) is 41.0 Å². The van der Waals surface area contributed by atoms with E-state index < -0.39 is 36.8 Å². The summed E-state index contributed by atoms with van der Waals surface area (Å²) in [5.74, 6) is 1.00. The molecule has 6 nitrogen and oxygen atoms in total. The smallest absolute Gasteiger partial charge is 0.161 e. The quantitative estimate of drug-likeness (QED) is 0.709. The molecule has 6 heteroatoms. The van der Waals surface area contributed by atoms with Gasteiger partial charge in [-0.2, -0.15) is 0 Å². The molecule has 23 heavy (non-hydrogen) atoms. The molecule has 10 atom stereocenters. The molecule has 0 amide bonds. The molecule has 136 valence electrons. The summed E-state index contributed by atoms with van der Waals surface area (Å²) in [7, 11) is 0. The first-order valence-corrected chi connectivity index (χ1v) is 8.75. The van der Waals surface area contributed by atoms with Crippen molar-refractivity contribution in [1.82, 2.24) is 0 Å². The minimum Gasteiger partial charge on any atom is -0.394 e. The Morgan fingerprint density at radius 3 is 2.09 bits per heavy atom. The van der Waals surface area contributed by atoms with Gasteiger partial charge in [0.15, 0.2) is 6.29 Å². The minimum absolute atomic E-state index is 0.103. The Labute approximate surface area is 138 Å². The van der Waals surface area contributed by atoms with Gasteiger partial charge in [0, 0.05) is 5.92 Å². The van der Waals surface area contributed by atoms with Crippen molar-refractivity contribution < 1.29 is 29.5 Å². The first-order chi connectivity index (χ1) is 10.8. The summed E-state index contributed by atoms with van der Waals surface area (Å²) >= 11 is 0. The molecule has 0 aromatic heterocycles. The Bertz CT molecular complexity index is 376. The van der Waals surface area contributed by atoms with Gasteiger partial charge in [-0.05, 0) is 25.2 Å². The van der Waals surface area contributed by atoms with E-state index in [9.17, 15) is 15.3 Å². The van der Waals surface area contributed by atoms with Gasteiger partial charge in [0.25, 0.3) is 0 Å². The lowest BCUT2D eigenvalue weighted by atomic mass is 9.78. The highest BCUT2D eigenvalue weighted by Gasteiger charge is 2.47. The monoisotopic (exact) mass is 332 g/mol. The maximum absolute atomic E-state index is 10.3. The second-order valence-electron chi connectivity index (χ2n) is 7.17. The summed E-state index contributed by atoms with van der Waals surface area (Å²) in [6.45, 7) is 9.93. The van der Waals surface area contributed by atoms with Gasteiger partial charge in [-0.1, -0.05) is 27.7 Å². The Morgan fingerprint density at radius 1 is 0.870 bits per heavy atom. The Kier molecular flexibility index (Phi) is 6.44. The van der Waals surface area contributed by atoms with Gasteiger partial charge in [-0.25, -0.2) is 0 Å². The fraction of sp³-hybridized carbons (Fsp3) is 1.00. The summed E-state index contributed by atoms with van der Waals surface area (Å²) in [5, 5.41) is 30.0. The van der Waals surface area contributed by atoms with E-state index in [1.54, 1.807) is 6.92 Å². The number of aliphatic hydroxyl groups excluding tert-OH is 3. The standard InChI is InChI=1S/C17H32O6/c1-6-12-9(3)8(2)10(4)17(22-12)23-16-14(19)11(5)21-13(7-18)15(16)20/h8-20H,6-7H2,1-5H3/t8-,9+,10?,11?,12?,13?,14?,15-,16+,17-/m0/s1. The van der Waals surface area contributed by atoms with E-state index in [1.807, 2.05) is 0 Å². The molecule has 0 saturated carbocycles. The Morgan fingerprint density at radius 2 is 1.52 bits per heavy atom. The van der Waals surface area contributed by atoms with Crippen LogP contribution in [0.4, 0.5) is 0 Å². The van der Waals surface area contributed by atoms with Gasteiger partial charge in [0.05, 0.1) is 18.8 Å². The molecule has 0 radical (unpaired) electrons. The molecule has 0 spiro atoms. The molecule has 3 N–H and O–H groups in total. The molecule has 0 aromatic carbocycles. The van der Waals surface area contributed by atoms with Crippen LogP contribution in [0.3, 0.4) is 0 Å². The topological polar surface area (TPSA) is 88.4 Å². The molecule has 5 unspecified atom stereocenters. The molecular formula is C17H32O6. The molecule has 2 aliphatic rings. The van der Waals surface area contributed by atoms with Crippen molar-refractivity contribution in [2.24, 2.45) is 17.8 Å².